The molecule has 1 unspecified atom stereocenters. The van der Waals surface area contributed by atoms with Gasteiger partial charge < -0.3 is 15.0 Å². The van der Waals surface area contributed by atoms with Crippen molar-refractivity contribution >= 4 is 17.2 Å². The van der Waals surface area contributed by atoms with Gasteiger partial charge in [0.15, 0.2) is 5.78 Å². The van der Waals surface area contributed by atoms with E-state index in [4.69, 9.17) is 4.74 Å². The molecule has 0 fully saturated rings. The number of anilines is 1. The Bertz CT molecular complexity index is 788. The monoisotopic (exact) mass is 357 g/mol. The minimum absolute atomic E-state index is 0.00740. The number of hydrogen-bond donors (Lipinski definition) is 1. The third kappa shape index (κ3) is 4.58. The molecule has 1 atom stereocenters. The minimum atomic E-state index is -0.479. The number of ether oxygens (including phenoxy) is 1. The van der Waals surface area contributed by atoms with E-state index in [0.29, 0.717) is 17.8 Å². The molecule has 1 N–H and O–H groups in total. The second-order valence-corrected chi connectivity index (χ2v) is 6.18. The molecule has 0 bridgehead atoms. The molecule has 0 saturated carbocycles. The number of methoxy groups -OCH3 is 1. The van der Waals surface area contributed by atoms with Crippen LogP contribution in [0.15, 0.2) is 42.5 Å². The number of benzene rings is 2. The highest BCUT2D eigenvalue weighted by molar-refractivity contribution is 5.95. The summed E-state index contributed by atoms with van der Waals surface area (Å²) in [6.07, 6.45) is 0. The van der Waals surface area contributed by atoms with Crippen LogP contribution in [0.4, 0.5) is 11.4 Å². The number of ketones is 1. The van der Waals surface area contributed by atoms with E-state index >= 15 is 0 Å². The van der Waals surface area contributed by atoms with Gasteiger partial charge in [-0.3, -0.25) is 14.9 Å². The van der Waals surface area contributed by atoms with Gasteiger partial charge in [-0.1, -0.05) is 12.1 Å². The summed E-state index contributed by atoms with van der Waals surface area (Å²) in [7, 11) is 5.51. The van der Waals surface area contributed by atoms with Crippen LogP contribution in [-0.4, -0.2) is 43.4 Å². The molecule has 0 spiro atoms. The number of nitrogens with zero attached hydrogens (tertiary/aromatic N) is 2. The van der Waals surface area contributed by atoms with E-state index in [1.807, 2.05) is 43.3 Å². The molecule has 2 rings (SSSR count). The molecule has 0 amide bonds. The fourth-order valence-electron chi connectivity index (χ4n) is 2.68. The van der Waals surface area contributed by atoms with Crippen LogP contribution in [0.3, 0.4) is 0 Å². The van der Waals surface area contributed by atoms with Crippen molar-refractivity contribution < 1.29 is 14.5 Å². The zero-order chi connectivity index (χ0) is 19.3. The number of nitro groups is 1. The van der Waals surface area contributed by atoms with Crippen LogP contribution in [0.1, 0.15) is 28.9 Å². The average Bonchev–Trinajstić information content (AvgIpc) is 2.62. The Morgan fingerprint density at radius 3 is 2.38 bits per heavy atom. The molecular formula is C19H23N3O4. The van der Waals surface area contributed by atoms with E-state index in [1.54, 1.807) is 19.2 Å². The molecule has 0 radical (unpaired) electrons. The topological polar surface area (TPSA) is 84.7 Å². The first-order chi connectivity index (χ1) is 12.3. The van der Waals surface area contributed by atoms with Crippen molar-refractivity contribution in [2.24, 2.45) is 0 Å². The number of nitrogens with one attached hydrogen (secondary N) is 1. The Morgan fingerprint density at radius 1 is 1.23 bits per heavy atom. The molecule has 7 heteroatoms. The predicted octanol–water partition coefficient (Wildman–Crippen LogP) is 3.52. The van der Waals surface area contributed by atoms with Crippen molar-refractivity contribution in [3.05, 3.63) is 63.7 Å². The molecule has 0 aliphatic heterocycles. The van der Waals surface area contributed by atoms with Gasteiger partial charge in [0, 0.05) is 18.2 Å². The Labute approximate surface area is 152 Å². The fourth-order valence-corrected chi connectivity index (χ4v) is 2.68. The lowest BCUT2D eigenvalue weighted by atomic mass is 10.1. The molecule has 0 aromatic heterocycles. The summed E-state index contributed by atoms with van der Waals surface area (Å²) in [6.45, 7) is 1.86. The molecule has 0 aliphatic carbocycles. The fraction of sp³-hybridized carbons (Fsp3) is 0.316. The van der Waals surface area contributed by atoms with Crippen molar-refractivity contribution in [2.45, 2.75) is 13.0 Å². The highest BCUT2D eigenvalue weighted by atomic mass is 16.6. The number of rotatable bonds is 8. The molecule has 0 saturated heterocycles. The molecule has 26 heavy (non-hydrogen) atoms. The second-order valence-electron chi connectivity index (χ2n) is 6.18. The smallest absolute Gasteiger partial charge is 0.293 e. The highest BCUT2D eigenvalue weighted by Crippen LogP contribution is 2.28. The van der Waals surface area contributed by atoms with Gasteiger partial charge in [-0.05, 0) is 50.8 Å². The summed E-state index contributed by atoms with van der Waals surface area (Å²) >= 11 is 0. The largest absolute Gasteiger partial charge is 0.497 e. The van der Waals surface area contributed by atoms with Crippen molar-refractivity contribution in [2.75, 3.05) is 33.1 Å². The molecule has 2 aromatic rings. The van der Waals surface area contributed by atoms with E-state index in [-0.39, 0.29) is 17.5 Å². The van der Waals surface area contributed by atoms with Crippen molar-refractivity contribution in [1.29, 1.82) is 0 Å². The Morgan fingerprint density at radius 2 is 1.88 bits per heavy atom. The Balaban J connectivity index is 2.23. The van der Waals surface area contributed by atoms with Crippen molar-refractivity contribution in [1.82, 2.24) is 4.90 Å². The molecular weight excluding hydrogens is 334 g/mol. The lowest BCUT2D eigenvalue weighted by molar-refractivity contribution is -0.384. The van der Waals surface area contributed by atoms with Gasteiger partial charge in [0.1, 0.15) is 11.4 Å². The van der Waals surface area contributed by atoms with E-state index in [1.165, 1.54) is 13.0 Å². The first-order valence-electron chi connectivity index (χ1n) is 8.17. The summed E-state index contributed by atoms with van der Waals surface area (Å²) in [5.74, 6) is 0.568. The van der Waals surface area contributed by atoms with Gasteiger partial charge in [-0.15, -0.1) is 0 Å². The van der Waals surface area contributed by atoms with Crippen LogP contribution in [-0.2, 0) is 0 Å². The zero-order valence-corrected chi connectivity index (χ0v) is 15.4. The predicted molar refractivity (Wildman–Crippen MR) is 101 cm³/mol. The number of carbonyl (C=O) groups excluding carboxylic acids is 1. The van der Waals surface area contributed by atoms with Crippen LogP contribution in [0.2, 0.25) is 0 Å². The normalized spacial score (nSPS) is 11.9. The minimum Gasteiger partial charge on any atom is -0.497 e. The first kappa shape index (κ1) is 19.4. The van der Waals surface area contributed by atoms with Gasteiger partial charge in [0.25, 0.3) is 5.69 Å². The third-order valence-electron chi connectivity index (χ3n) is 4.21. The Kier molecular flexibility index (Phi) is 6.30. The van der Waals surface area contributed by atoms with Crippen LogP contribution in [0, 0.1) is 10.1 Å². The van der Waals surface area contributed by atoms with Crippen LogP contribution >= 0.6 is 0 Å². The maximum atomic E-state index is 11.5. The van der Waals surface area contributed by atoms with E-state index in [2.05, 4.69) is 5.32 Å². The second kappa shape index (κ2) is 8.44. The summed E-state index contributed by atoms with van der Waals surface area (Å²) in [5.41, 5.74) is 1.66. The maximum absolute atomic E-state index is 11.5. The first-order valence-corrected chi connectivity index (χ1v) is 8.17. The van der Waals surface area contributed by atoms with Crippen LogP contribution in [0.25, 0.3) is 0 Å². The van der Waals surface area contributed by atoms with Crippen LogP contribution < -0.4 is 10.1 Å². The van der Waals surface area contributed by atoms with Gasteiger partial charge >= 0.3 is 0 Å². The van der Waals surface area contributed by atoms with Crippen molar-refractivity contribution in [3.63, 3.8) is 0 Å². The van der Waals surface area contributed by atoms with E-state index in [9.17, 15) is 14.9 Å². The molecule has 138 valence electrons. The highest BCUT2D eigenvalue weighted by Gasteiger charge is 2.19. The lowest BCUT2D eigenvalue weighted by Gasteiger charge is -2.25. The third-order valence-corrected chi connectivity index (χ3v) is 4.21. The SMILES string of the molecule is COc1ccc(C(CNc2ccc(C(C)=O)cc2[N+](=O)[O-])N(C)C)cc1. The summed E-state index contributed by atoms with van der Waals surface area (Å²) in [6, 6.07) is 12.2. The summed E-state index contributed by atoms with van der Waals surface area (Å²) in [4.78, 5) is 24.4. The summed E-state index contributed by atoms with van der Waals surface area (Å²) in [5, 5.41) is 14.5. The van der Waals surface area contributed by atoms with Gasteiger partial charge in [0.2, 0.25) is 0 Å². The standard InChI is InChI=1S/C19H23N3O4/c1-13(23)15-7-10-17(18(11-15)22(24)25)20-12-19(21(2)3)14-5-8-16(26-4)9-6-14/h5-11,19-20H,12H2,1-4H3. The molecule has 2 aromatic carbocycles. The van der Waals surface area contributed by atoms with E-state index in [0.717, 1.165) is 11.3 Å². The quantitative estimate of drug-likeness (QED) is 0.442. The summed E-state index contributed by atoms with van der Waals surface area (Å²) < 4.78 is 5.18. The number of hydrogen-bond acceptors (Lipinski definition) is 6. The molecule has 7 nitrogen and oxygen atoms in total. The van der Waals surface area contributed by atoms with E-state index < -0.39 is 4.92 Å². The molecule has 0 heterocycles. The number of Topliss-reactive ketones (excluding diaryl/α,β-unsaturated/α-hetero) is 1. The van der Waals surface area contributed by atoms with Gasteiger partial charge in [0.05, 0.1) is 18.1 Å². The lowest BCUT2D eigenvalue weighted by Crippen LogP contribution is -2.27. The Hall–Kier alpha value is -2.93. The maximum Gasteiger partial charge on any atom is 0.293 e. The van der Waals surface area contributed by atoms with Gasteiger partial charge in [-0.2, -0.15) is 0 Å². The zero-order valence-electron chi connectivity index (χ0n) is 15.4. The van der Waals surface area contributed by atoms with Crippen LogP contribution in [0.5, 0.6) is 5.75 Å². The number of likely N-dealkylation sites (N-methyl/N-ethyl adjacent to an activating group) is 1. The number of nitro benzene ring substituents is 1. The van der Waals surface area contributed by atoms with Crippen molar-refractivity contribution in [3.8, 4) is 5.75 Å². The van der Waals surface area contributed by atoms with Gasteiger partial charge in [-0.25, -0.2) is 0 Å². The average molecular weight is 357 g/mol. The number of carbonyl (C=O) groups is 1. The molecule has 0 aliphatic rings.